The number of benzene rings is 2. The second kappa shape index (κ2) is 4.86. The standard InChI is InChI=1S/C8H4Br2.C6H4/c1-2-6-7(9)4-3-5-8(6)10;1-2-5-4-6(5)3-1/h1,3-5H;1-4H. The second-order valence-corrected chi connectivity index (χ2v) is 5.03. The number of hydrogen-bond acceptors (Lipinski definition) is 0. The van der Waals surface area contributed by atoms with E-state index in [4.69, 9.17) is 6.42 Å². The van der Waals surface area contributed by atoms with Gasteiger partial charge in [-0.2, -0.15) is 0 Å². The highest BCUT2D eigenvalue weighted by molar-refractivity contribution is 9.11. The smallest absolute Gasteiger partial charge is 0.0526 e. The van der Waals surface area contributed by atoms with Gasteiger partial charge in [0, 0.05) is 8.95 Å². The Balaban J connectivity index is 0.000000134. The molecule has 0 radical (unpaired) electrons. The van der Waals surface area contributed by atoms with Crippen LogP contribution in [0.15, 0.2) is 51.4 Å². The fourth-order valence-electron chi connectivity index (χ4n) is 1.31. The zero-order chi connectivity index (χ0) is 11.5. The molecule has 78 valence electrons. The highest BCUT2D eigenvalue weighted by Crippen LogP contribution is 2.32. The van der Waals surface area contributed by atoms with Crippen LogP contribution in [0.1, 0.15) is 5.56 Å². The van der Waals surface area contributed by atoms with Crippen molar-refractivity contribution in [3.63, 3.8) is 0 Å². The molecule has 2 aliphatic rings. The molecular formula is C14H8Br2. The van der Waals surface area contributed by atoms with Crippen LogP contribution in [0.4, 0.5) is 0 Å². The molecule has 0 bridgehead atoms. The van der Waals surface area contributed by atoms with Gasteiger partial charge in [0.2, 0.25) is 0 Å². The number of hydrogen-bond donors (Lipinski definition) is 0. The minimum atomic E-state index is 0.863. The Morgan fingerprint density at radius 1 is 0.875 bits per heavy atom. The molecule has 1 aromatic rings. The predicted octanol–water partition coefficient (Wildman–Crippen LogP) is 4.86. The van der Waals surface area contributed by atoms with Crippen LogP contribution in [0.3, 0.4) is 0 Å². The van der Waals surface area contributed by atoms with E-state index < -0.39 is 0 Å². The topological polar surface area (TPSA) is 0 Å². The summed E-state index contributed by atoms with van der Waals surface area (Å²) in [5, 5.41) is 0. The lowest BCUT2D eigenvalue weighted by Gasteiger charge is -1.96. The van der Waals surface area contributed by atoms with E-state index in [-0.39, 0.29) is 0 Å². The molecule has 0 aliphatic heterocycles. The lowest BCUT2D eigenvalue weighted by atomic mass is 10.2. The monoisotopic (exact) mass is 334 g/mol. The molecule has 0 spiro atoms. The zero-order valence-electron chi connectivity index (χ0n) is 8.37. The largest absolute Gasteiger partial charge is 0.115 e. The van der Waals surface area contributed by atoms with Crippen LogP contribution in [0.2, 0.25) is 0 Å². The molecule has 0 N–H and O–H groups in total. The minimum absolute atomic E-state index is 0.863. The van der Waals surface area contributed by atoms with E-state index in [0.29, 0.717) is 0 Å². The third-order valence-electron chi connectivity index (χ3n) is 2.22. The maximum absolute atomic E-state index is 5.24. The summed E-state index contributed by atoms with van der Waals surface area (Å²) in [7, 11) is 0. The van der Waals surface area contributed by atoms with E-state index in [0.717, 1.165) is 14.5 Å². The van der Waals surface area contributed by atoms with E-state index in [1.54, 1.807) is 0 Å². The van der Waals surface area contributed by atoms with E-state index in [1.165, 1.54) is 11.1 Å². The van der Waals surface area contributed by atoms with Crippen molar-refractivity contribution in [1.29, 1.82) is 0 Å². The van der Waals surface area contributed by atoms with Gasteiger partial charge in [0.05, 0.1) is 5.56 Å². The van der Waals surface area contributed by atoms with Crippen LogP contribution in [0.5, 0.6) is 0 Å². The highest BCUT2D eigenvalue weighted by Gasteiger charge is 2.06. The van der Waals surface area contributed by atoms with Gasteiger partial charge in [-0.05, 0) is 61.2 Å². The molecule has 0 unspecified atom stereocenters. The van der Waals surface area contributed by atoms with Crippen molar-refractivity contribution in [2.75, 3.05) is 0 Å². The van der Waals surface area contributed by atoms with Crippen molar-refractivity contribution in [2.24, 2.45) is 0 Å². The van der Waals surface area contributed by atoms with E-state index in [9.17, 15) is 0 Å². The van der Waals surface area contributed by atoms with Gasteiger partial charge in [-0.3, -0.25) is 0 Å². The van der Waals surface area contributed by atoms with Gasteiger partial charge in [-0.1, -0.05) is 30.2 Å². The fraction of sp³-hybridized carbons (Fsp3) is 0. The van der Waals surface area contributed by atoms with Crippen molar-refractivity contribution in [2.45, 2.75) is 0 Å². The molecule has 0 saturated heterocycles. The normalized spacial score (nSPS) is 9.81. The molecule has 1 aromatic carbocycles. The van der Waals surface area contributed by atoms with Gasteiger partial charge in [0.1, 0.15) is 0 Å². The second-order valence-electron chi connectivity index (χ2n) is 3.32. The number of fused-ring (bicyclic) bond motifs is 1. The predicted molar refractivity (Wildman–Crippen MR) is 75.2 cm³/mol. The summed E-state index contributed by atoms with van der Waals surface area (Å²) in [5.74, 6) is 2.57. The highest BCUT2D eigenvalue weighted by atomic mass is 79.9. The van der Waals surface area contributed by atoms with Crippen LogP contribution >= 0.6 is 31.9 Å². The molecule has 0 saturated carbocycles. The van der Waals surface area contributed by atoms with Crippen molar-refractivity contribution in [3.05, 3.63) is 57.0 Å². The quantitative estimate of drug-likeness (QED) is 0.515. The molecule has 2 heteroatoms. The Kier molecular flexibility index (Phi) is 3.48. The first kappa shape index (κ1) is 11.4. The summed E-state index contributed by atoms with van der Waals surface area (Å²) in [6.45, 7) is 0. The lowest BCUT2D eigenvalue weighted by Crippen LogP contribution is -1.77. The lowest BCUT2D eigenvalue weighted by molar-refractivity contribution is 1.54. The molecule has 0 nitrogen and oxygen atoms in total. The summed E-state index contributed by atoms with van der Waals surface area (Å²) in [4.78, 5) is 0. The van der Waals surface area contributed by atoms with Crippen molar-refractivity contribution >= 4 is 31.9 Å². The van der Waals surface area contributed by atoms with Crippen LogP contribution < -0.4 is 0 Å². The fourth-order valence-corrected chi connectivity index (χ4v) is 2.54. The number of halogens is 2. The zero-order valence-corrected chi connectivity index (χ0v) is 11.5. The van der Waals surface area contributed by atoms with Crippen molar-refractivity contribution < 1.29 is 0 Å². The molecule has 0 aromatic heterocycles. The maximum atomic E-state index is 5.24. The molecule has 0 amide bonds. The van der Waals surface area contributed by atoms with Crippen LogP contribution in [-0.4, -0.2) is 0 Å². The van der Waals surface area contributed by atoms with E-state index in [2.05, 4.69) is 62.0 Å². The Labute approximate surface area is 112 Å². The Hall–Kier alpha value is -1.04. The molecule has 16 heavy (non-hydrogen) atoms. The first-order valence-electron chi connectivity index (χ1n) is 4.73. The first-order chi connectivity index (χ1) is 7.72. The number of terminal acetylenes is 1. The van der Waals surface area contributed by atoms with Gasteiger partial charge in [-0.15, -0.1) is 6.42 Å². The summed E-state index contributed by atoms with van der Waals surface area (Å²) < 4.78 is 1.90. The third kappa shape index (κ3) is 2.55. The molecule has 0 fully saturated rings. The third-order valence-corrected chi connectivity index (χ3v) is 3.54. The van der Waals surface area contributed by atoms with Gasteiger partial charge >= 0.3 is 0 Å². The summed E-state index contributed by atoms with van der Waals surface area (Å²) in [6, 6.07) is 14.2. The van der Waals surface area contributed by atoms with Crippen LogP contribution in [0.25, 0.3) is 11.1 Å². The average Bonchev–Trinajstić information content (AvgIpc) is 2.87. The molecule has 3 rings (SSSR count). The average molecular weight is 336 g/mol. The summed E-state index contributed by atoms with van der Waals surface area (Å²) in [5.41, 5.74) is 3.72. The van der Waals surface area contributed by atoms with Gasteiger partial charge in [0.25, 0.3) is 0 Å². The van der Waals surface area contributed by atoms with Gasteiger partial charge < -0.3 is 0 Å². The first-order valence-corrected chi connectivity index (χ1v) is 6.32. The Bertz CT molecular complexity index is 528. The van der Waals surface area contributed by atoms with Crippen LogP contribution in [0, 0.1) is 12.3 Å². The summed E-state index contributed by atoms with van der Waals surface area (Å²) in [6.07, 6.45) is 5.24. The van der Waals surface area contributed by atoms with Gasteiger partial charge in [-0.25, -0.2) is 0 Å². The Morgan fingerprint density at radius 2 is 1.38 bits per heavy atom. The van der Waals surface area contributed by atoms with Gasteiger partial charge in [0.15, 0.2) is 0 Å². The van der Waals surface area contributed by atoms with E-state index in [1.807, 2.05) is 18.2 Å². The van der Waals surface area contributed by atoms with Crippen molar-refractivity contribution in [1.82, 2.24) is 0 Å². The molecule has 2 aliphatic carbocycles. The Morgan fingerprint density at radius 3 is 1.62 bits per heavy atom. The molecule has 0 heterocycles. The minimum Gasteiger partial charge on any atom is -0.115 e. The summed E-state index contributed by atoms with van der Waals surface area (Å²) >= 11 is 6.67. The SMILES string of the molecule is C#Cc1c(Br)cccc1Br.c1cc2cc-2c1. The molecule has 0 atom stereocenters. The van der Waals surface area contributed by atoms with Crippen molar-refractivity contribution in [3.8, 4) is 23.5 Å². The number of rotatable bonds is 0. The molecular weight excluding hydrogens is 328 g/mol. The maximum Gasteiger partial charge on any atom is 0.0526 e. The van der Waals surface area contributed by atoms with E-state index >= 15 is 0 Å². The van der Waals surface area contributed by atoms with Crippen LogP contribution in [-0.2, 0) is 0 Å².